The Balaban J connectivity index is 0.000000528. The topological polar surface area (TPSA) is 205 Å². The maximum Gasteiger partial charge on any atom is 0.460 e. The summed E-state index contributed by atoms with van der Waals surface area (Å²) in [5, 5.41) is 35.4. The molecule has 0 aromatic rings. The van der Waals surface area contributed by atoms with Crippen LogP contribution in [-0.2, 0) is 47.4 Å². The molecular formula is C46H86B2O14. The fourth-order valence-electron chi connectivity index (χ4n) is 8.75. The van der Waals surface area contributed by atoms with Gasteiger partial charge in [0.2, 0.25) is 0 Å². The van der Waals surface area contributed by atoms with Crippen molar-refractivity contribution >= 4 is 38.1 Å². The highest BCUT2D eigenvalue weighted by molar-refractivity contribution is 6.47. The third-order valence-electron chi connectivity index (χ3n) is 13.1. The van der Waals surface area contributed by atoms with Crippen LogP contribution in [0.25, 0.3) is 0 Å². The summed E-state index contributed by atoms with van der Waals surface area (Å²) in [5.74, 6) is -0.479. The molecule has 0 amide bonds. The molecule has 14 nitrogen and oxygen atoms in total. The lowest BCUT2D eigenvalue weighted by Gasteiger charge is -2.33. The summed E-state index contributed by atoms with van der Waals surface area (Å²) < 4.78 is 32.6. The third kappa shape index (κ3) is 20.7. The molecule has 0 aromatic heterocycles. The minimum absolute atomic E-state index is 0.0170. The van der Waals surface area contributed by atoms with E-state index >= 15 is 0 Å². The summed E-state index contributed by atoms with van der Waals surface area (Å²) in [7, 11) is 1.65. The highest BCUT2D eigenvalue weighted by Crippen LogP contribution is 2.40. The monoisotopic (exact) mass is 885 g/mol. The van der Waals surface area contributed by atoms with Crippen molar-refractivity contribution in [2.24, 2.45) is 21.7 Å². The van der Waals surface area contributed by atoms with Gasteiger partial charge in [0.25, 0.3) is 0 Å². The molecule has 2 aliphatic carbocycles. The van der Waals surface area contributed by atoms with Gasteiger partial charge in [-0.15, -0.1) is 0 Å². The van der Waals surface area contributed by atoms with Gasteiger partial charge in [-0.3, -0.25) is 19.2 Å². The van der Waals surface area contributed by atoms with Gasteiger partial charge < -0.3 is 48.5 Å². The standard InChI is InChI=1S/C23H41BO6.C17H32O6.C6H13BO2/c1-6-23(4,21(26)27-5)17-22(2,3)20(25)28-15-11-10-14-19-16-29-24(30-19)18-12-8-7-9-13-18;1-6-17(4,15(21)22-5)12-16(2,3)14(20)23-10-8-7-9-13(19)11-18;8-7(9)6-4-2-1-3-5-6/h18-19H,6-17H2,1-5H3;13,18-19H,6-12H2,1-5H3;6,8-9H,1-5H2. The van der Waals surface area contributed by atoms with E-state index in [9.17, 15) is 24.3 Å². The highest BCUT2D eigenvalue weighted by Gasteiger charge is 2.44. The first-order valence-electron chi connectivity index (χ1n) is 23.6. The molecule has 1 aliphatic heterocycles. The van der Waals surface area contributed by atoms with Crippen LogP contribution < -0.4 is 0 Å². The van der Waals surface area contributed by atoms with Gasteiger partial charge in [-0.2, -0.15) is 0 Å². The van der Waals surface area contributed by atoms with E-state index in [4.69, 9.17) is 43.4 Å². The molecule has 2 saturated carbocycles. The molecule has 3 rings (SSSR count). The van der Waals surface area contributed by atoms with Gasteiger partial charge in [-0.05, 0) is 117 Å². The molecule has 0 spiro atoms. The molecule has 360 valence electrons. The number of carbonyl (C=O) groups excluding carboxylic acids is 4. The Bertz CT molecular complexity index is 1290. The molecule has 4 unspecified atom stereocenters. The molecular weight excluding hydrogens is 798 g/mol. The van der Waals surface area contributed by atoms with Crippen LogP contribution in [0.2, 0.25) is 11.6 Å². The van der Waals surface area contributed by atoms with Crippen LogP contribution in [0, 0.1) is 21.7 Å². The molecule has 1 heterocycles. The van der Waals surface area contributed by atoms with E-state index in [1.807, 2.05) is 34.6 Å². The third-order valence-corrected chi connectivity index (χ3v) is 13.1. The average molecular weight is 885 g/mol. The van der Waals surface area contributed by atoms with Gasteiger partial charge >= 0.3 is 38.1 Å². The molecule has 0 bridgehead atoms. The minimum atomic E-state index is -1.06. The summed E-state index contributed by atoms with van der Waals surface area (Å²) in [6.07, 6.45) is 17.8. The molecule has 16 heteroatoms. The normalized spacial score (nSPS) is 19.9. The van der Waals surface area contributed by atoms with Crippen LogP contribution in [0.1, 0.15) is 184 Å². The van der Waals surface area contributed by atoms with Gasteiger partial charge in [-0.25, -0.2) is 0 Å². The molecule has 4 atom stereocenters. The van der Waals surface area contributed by atoms with Crippen molar-refractivity contribution < 1.29 is 67.7 Å². The molecule has 1 saturated heterocycles. The Morgan fingerprint density at radius 3 is 1.55 bits per heavy atom. The van der Waals surface area contributed by atoms with Crippen molar-refractivity contribution in [2.45, 2.75) is 208 Å². The smallest absolute Gasteiger partial charge is 0.460 e. The van der Waals surface area contributed by atoms with Crippen LogP contribution in [0.3, 0.4) is 0 Å². The lowest BCUT2D eigenvalue weighted by atomic mass is 9.65. The Kier molecular flexibility index (Phi) is 27.3. The average Bonchev–Trinajstić information content (AvgIpc) is 3.74. The maximum absolute atomic E-state index is 12.6. The molecule has 62 heavy (non-hydrogen) atoms. The first-order valence-corrected chi connectivity index (χ1v) is 23.6. The predicted molar refractivity (Wildman–Crippen MR) is 241 cm³/mol. The van der Waals surface area contributed by atoms with Crippen molar-refractivity contribution in [2.75, 3.05) is 40.6 Å². The molecule has 3 fully saturated rings. The highest BCUT2D eigenvalue weighted by atomic mass is 16.6. The number of aliphatic hydroxyl groups excluding tert-OH is 2. The van der Waals surface area contributed by atoms with E-state index < -0.39 is 34.9 Å². The number of aliphatic hydroxyl groups is 2. The SMILES string of the molecule is CCC(C)(CC(C)(C)C(=O)OCCCCC(O)CO)C(=O)OC.CCC(C)(CC(C)(C)C(=O)OCCCCC1COB(C2CCCCC2)O1)C(=O)OC.OB(O)C1CCCCC1. The molecule has 0 radical (unpaired) electrons. The number of hydrogen-bond donors (Lipinski definition) is 4. The van der Waals surface area contributed by atoms with Gasteiger partial charge in [0.15, 0.2) is 0 Å². The second-order valence-corrected chi connectivity index (χ2v) is 19.7. The van der Waals surface area contributed by atoms with E-state index in [1.165, 1.54) is 65.6 Å². The first-order chi connectivity index (χ1) is 29.1. The summed E-state index contributed by atoms with van der Waals surface area (Å²) in [6.45, 7) is 15.8. The Morgan fingerprint density at radius 1 is 0.694 bits per heavy atom. The molecule has 4 N–H and O–H groups in total. The second kappa shape index (κ2) is 29.3. The second-order valence-electron chi connectivity index (χ2n) is 19.7. The van der Waals surface area contributed by atoms with E-state index in [0.29, 0.717) is 64.0 Å². The van der Waals surface area contributed by atoms with Crippen molar-refractivity contribution in [3.05, 3.63) is 0 Å². The number of esters is 4. The fourth-order valence-corrected chi connectivity index (χ4v) is 8.75. The van der Waals surface area contributed by atoms with Crippen LogP contribution in [0.4, 0.5) is 0 Å². The number of hydrogen-bond acceptors (Lipinski definition) is 14. The number of rotatable bonds is 23. The zero-order valence-corrected chi connectivity index (χ0v) is 40.3. The Morgan fingerprint density at radius 2 is 1.15 bits per heavy atom. The van der Waals surface area contributed by atoms with Gasteiger partial charge in [0, 0.05) is 0 Å². The van der Waals surface area contributed by atoms with Crippen LogP contribution in [0.15, 0.2) is 0 Å². The lowest BCUT2D eigenvalue weighted by Crippen LogP contribution is -2.38. The van der Waals surface area contributed by atoms with Gasteiger partial charge in [-0.1, -0.05) is 78.1 Å². The van der Waals surface area contributed by atoms with Crippen LogP contribution >= 0.6 is 0 Å². The quantitative estimate of drug-likeness (QED) is 0.0335. The molecule has 0 aromatic carbocycles. The summed E-state index contributed by atoms with van der Waals surface area (Å²) >= 11 is 0. The van der Waals surface area contributed by atoms with E-state index in [1.54, 1.807) is 20.8 Å². The first kappa shape index (κ1) is 57.8. The molecule has 3 aliphatic rings. The van der Waals surface area contributed by atoms with E-state index in [2.05, 4.69) is 0 Å². The minimum Gasteiger partial charge on any atom is -0.469 e. The number of carbonyl (C=O) groups is 4. The van der Waals surface area contributed by atoms with Crippen LogP contribution in [-0.4, -0.2) is 111 Å². The van der Waals surface area contributed by atoms with Crippen molar-refractivity contribution in [1.82, 2.24) is 0 Å². The summed E-state index contributed by atoms with van der Waals surface area (Å²) in [5.41, 5.74) is -2.94. The van der Waals surface area contributed by atoms with Crippen molar-refractivity contribution in [3.8, 4) is 0 Å². The maximum atomic E-state index is 12.6. The van der Waals surface area contributed by atoms with Crippen molar-refractivity contribution in [1.29, 1.82) is 0 Å². The number of unbranched alkanes of at least 4 members (excludes halogenated alkanes) is 2. The van der Waals surface area contributed by atoms with Crippen molar-refractivity contribution in [3.63, 3.8) is 0 Å². The van der Waals surface area contributed by atoms with Gasteiger partial charge in [0.1, 0.15) is 0 Å². The zero-order valence-electron chi connectivity index (χ0n) is 40.3. The summed E-state index contributed by atoms with van der Waals surface area (Å²) in [6, 6.07) is 0. The summed E-state index contributed by atoms with van der Waals surface area (Å²) in [4.78, 5) is 48.9. The Hall–Kier alpha value is -2.23. The van der Waals surface area contributed by atoms with E-state index in [-0.39, 0.29) is 56.1 Å². The predicted octanol–water partition coefficient (Wildman–Crippen LogP) is 7.80. The van der Waals surface area contributed by atoms with Gasteiger partial charge in [0.05, 0.1) is 74.5 Å². The number of ether oxygens (including phenoxy) is 4. The van der Waals surface area contributed by atoms with E-state index in [0.717, 1.165) is 32.1 Å². The Labute approximate surface area is 374 Å². The fraction of sp³-hybridized carbons (Fsp3) is 0.913. The van der Waals surface area contributed by atoms with Crippen LogP contribution in [0.5, 0.6) is 0 Å². The number of methoxy groups -OCH3 is 2. The lowest BCUT2D eigenvalue weighted by molar-refractivity contribution is -0.163. The largest absolute Gasteiger partial charge is 0.469 e. The zero-order chi connectivity index (χ0) is 47.0.